The summed E-state index contributed by atoms with van der Waals surface area (Å²) in [4.78, 5) is 11.0. The maximum atomic E-state index is 11.0. The molecule has 0 aliphatic carbocycles. The number of carbonyl (C=O) groups excluding carboxylic acids is 1. The predicted molar refractivity (Wildman–Crippen MR) is 56.1 cm³/mol. The lowest BCUT2D eigenvalue weighted by Gasteiger charge is -2.11. The molecule has 3 heteroatoms. The van der Waals surface area contributed by atoms with E-state index in [1.807, 2.05) is 13.8 Å². The summed E-state index contributed by atoms with van der Waals surface area (Å²) < 4.78 is 10.2. The van der Waals surface area contributed by atoms with Gasteiger partial charge in [-0.15, -0.1) is 0 Å². The van der Waals surface area contributed by atoms with Crippen molar-refractivity contribution in [1.82, 2.24) is 0 Å². The molecule has 1 atom stereocenters. The van der Waals surface area contributed by atoms with Crippen molar-refractivity contribution in [3.8, 4) is 0 Å². The van der Waals surface area contributed by atoms with Crippen molar-refractivity contribution >= 4 is 5.97 Å². The Bertz CT molecular complexity index is 155. The Hall–Kier alpha value is -0.570. The molecule has 3 nitrogen and oxygen atoms in total. The van der Waals surface area contributed by atoms with Crippen molar-refractivity contribution in [1.29, 1.82) is 0 Å². The van der Waals surface area contributed by atoms with Gasteiger partial charge in [-0.2, -0.15) is 0 Å². The summed E-state index contributed by atoms with van der Waals surface area (Å²) in [5.41, 5.74) is 0. The van der Waals surface area contributed by atoms with Crippen LogP contribution < -0.4 is 0 Å². The quantitative estimate of drug-likeness (QED) is 0.595. The molecular weight excluding hydrogens is 180 g/mol. The van der Waals surface area contributed by atoms with Gasteiger partial charge in [0.25, 0.3) is 0 Å². The Morgan fingerprint density at radius 2 is 1.93 bits per heavy atom. The average molecular weight is 202 g/mol. The first kappa shape index (κ1) is 13.4. The molecular formula is C11H22O3. The van der Waals surface area contributed by atoms with E-state index in [0.29, 0.717) is 12.5 Å². The minimum atomic E-state index is -0.274. The summed E-state index contributed by atoms with van der Waals surface area (Å²) >= 11 is 0. The fourth-order valence-electron chi connectivity index (χ4n) is 1.22. The second kappa shape index (κ2) is 7.80. The number of esters is 1. The van der Waals surface area contributed by atoms with Gasteiger partial charge in [-0.25, -0.2) is 4.79 Å². The highest BCUT2D eigenvalue weighted by Gasteiger charge is 2.07. The summed E-state index contributed by atoms with van der Waals surface area (Å²) in [7, 11) is 0. The van der Waals surface area contributed by atoms with E-state index >= 15 is 0 Å². The predicted octanol–water partition coefficient (Wildman–Crippen LogP) is 2.39. The fourth-order valence-corrected chi connectivity index (χ4v) is 1.22. The van der Waals surface area contributed by atoms with Gasteiger partial charge >= 0.3 is 5.97 Å². The second-order valence-electron chi connectivity index (χ2n) is 3.95. The summed E-state index contributed by atoms with van der Waals surface area (Å²) in [6, 6.07) is 0. The van der Waals surface area contributed by atoms with Crippen molar-refractivity contribution in [3.05, 3.63) is 0 Å². The van der Waals surface area contributed by atoms with E-state index in [2.05, 4.69) is 13.8 Å². The zero-order valence-corrected chi connectivity index (χ0v) is 9.71. The third-order valence-electron chi connectivity index (χ3n) is 1.77. The molecule has 0 bridgehead atoms. The molecule has 0 spiro atoms. The monoisotopic (exact) mass is 202 g/mol. The third kappa shape index (κ3) is 8.05. The minimum absolute atomic E-state index is 0.0563. The van der Waals surface area contributed by atoms with E-state index in [-0.39, 0.29) is 18.7 Å². The van der Waals surface area contributed by atoms with Crippen LogP contribution in [0.15, 0.2) is 0 Å². The molecule has 0 aliphatic rings. The molecule has 0 aromatic rings. The molecule has 0 N–H and O–H groups in total. The van der Waals surface area contributed by atoms with Crippen LogP contribution in [0.5, 0.6) is 0 Å². The Labute approximate surface area is 86.8 Å². The zero-order chi connectivity index (χ0) is 11.0. The first-order chi connectivity index (χ1) is 6.56. The van der Waals surface area contributed by atoms with E-state index in [1.165, 1.54) is 0 Å². The molecule has 0 saturated carbocycles. The number of hydrogen-bond donors (Lipinski definition) is 0. The van der Waals surface area contributed by atoms with Crippen LogP contribution in [0, 0.1) is 5.92 Å². The third-order valence-corrected chi connectivity index (χ3v) is 1.77. The normalized spacial score (nSPS) is 12.9. The molecule has 0 aromatic carbocycles. The van der Waals surface area contributed by atoms with Crippen LogP contribution in [-0.4, -0.2) is 25.3 Å². The minimum Gasteiger partial charge on any atom is -0.461 e. The van der Waals surface area contributed by atoms with Gasteiger partial charge in [0.15, 0.2) is 0 Å². The number of carbonyl (C=O) groups is 1. The van der Waals surface area contributed by atoms with Gasteiger partial charge in [0.1, 0.15) is 6.61 Å². The standard InChI is InChI=1S/C11H22O3/c1-5-6-10(4)7-13-8-11(12)14-9(2)3/h9-10H,5-8H2,1-4H3. The first-order valence-corrected chi connectivity index (χ1v) is 5.33. The molecule has 84 valence electrons. The Kier molecular flexibility index (Phi) is 7.48. The van der Waals surface area contributed by atoms with Gasteiger partial charge in [0.05, 0.1) is 6.10 Å². The maximum absolute atomic E-state index is 11.0. The Morgan fingerprint density at radius 1 is 1.29 bits per heavy atom. The molecule has 0 aliphatic heterocycles. The van der Waals surface area contributed by atoms with Crippen molar-refractivity contribution in [2.75, 3.05) is 13.2 Å². The lowest BCUT2D eigenvalue weighted by Crippen LogP contribution is -2.18. The zero-order valence-electron chi connectivity index (χ0n) is 9.71. The van der Waals surface area contributed by atoms with Crippen LogP contribution >= 0.6 is 0 Å². The fraction of sp³-hybridized carbons (Fsp3) is 0.909. The van der Waals surface area contributed by atoms with E-state index < -0.39 is 0 Å². The molecule has 0 amide bonds. The summed E-state index contributed by atoms with van der Waals surface area (Å²) in [6.07, 6.45) is 2.24. The molecule has 1 unspecified atom stereocenters. The first-order valence-electron chi connectivity index (χ1n) is 5.33. The van der Waals surface area contributed by atoms with Crippen LogP contribution in [0.3, 0.4) is 0 Å². The number of rotatable bonds is 7. The molecule has 0 saturated heterocycles. The molecule has 14 heavy (non-hydrogen) atoms. The van der Waals surface area contributed by atoms with Crippen molar-refractivity contribution in [3.63, 3.8) is 0 Å². The summed E-state index contributed by atoms with van der Waals surface area (Å²) in [5, 5.41) is 0. The molecule has 0 aromatic heterocycles. The van der Waals surface area contributed by atoms with E-state index in [9.17, 15) is 4.79 Å². The van der Waals surface area contributed by atoms with Gasteiger partial charge in [-0.1, -0.05) is 20.3 Å². The molecule has 0 radical (unpaired) electrons. The molecule has 0 fully saturated rings. The Balaban J connectivity index is 3.39. The van der Waals surface area contributed by atoms with Gasteiger partial charge in [-0.3, -0.25) is 0 Å². The van der Waals surface area contributed by atoms with Crippen LogP contribution in [0.4, 0.5) is 0 Å². The van der Waals surface area contributed by atoms with Crippen molar-refractivity contribution in [2.45, 2.75) is 46.6 Å². The summed E-state index contributed by atoms with van der Waals surface area (Å²) in [5.74, 6) is 0.246. The largest absolute Gasteiger partial charge is 0.461 e. The number of hydrogen-bond acceptors (Lipinski definition) is 3. The maximum Gasteiger partial charge on any atom is 0.332 e. The van der Waals surface area contributed by atoms with Crippen LogP contribution in [0.1, 0.15) is 40.5 Å². The highest BCUT2D eigenvalue weighted by molar-refractivity contribution is 5.70. The van der Waals surface area contributed by atoms with E-state index in [1.54, 1.807) is 0 Å². The highest BCUT2D eigenvalue weighted by atomic mass is 16.6. The van der Waals surface area contributed by atoms with Crippen LogP contribution in [-0.2, 0) is 14.3 Å². The van der Waals surface area contributed by atoms with E-state index in [4.69, 9.17) is 9.47 Å². The SMILES string of the molecule is CCCC(C)COCC(=O)OC(C)C. The van der Waals surface area contributed by atoms with Crippen LogP contribution in [0.2, 0.25) is 0 Å². The highest BCUT2D eigenvalue weighted by Crippen LogP contribution is 2.04. The van der Waals surface area contributed by atoms with Gasteiger partial charge in [0, 0.05) is 6.61 Å². The molecule has 0 heterocycles. The summed E-state index contributed by atoms with van der Waals surface area (Å²) in [6.45, 7) is 8.64. The van der Waals surface area contributed by atoms with Crippen molar-refractivity contribution < 1.29 is 14.3 Å². The lowest BCUT2D eigenvalue weighted by atomic mass is 10.1. The van der Waals surface area contributed by atoms with Crippen molar-refractivity contribution in [2.24, 2.45) is 5.92 Å². The number of ether oxygens (including phenoxy) is 2. The Morgan fingerprint density at radius 3 is 2.43 bits per heavy atom. The lowest BCUT2D eigenvalue weighted by molar-refractivity contribution is -0.153. The molecule has 0 rings (SSSR count). The van der Waals surface area contributed by atoms with Gasteiger partial charge < -0.3 is 9.47 Å². The van der Waals surface area contributed by atoms with Gasteiger partial charge in [0.2, 0.25) is 0 Å². The van der Waals surface area contributed by atoms with Crippen LogP contribution in [0.25, 0.3) is 0 Å². The van der Waals surface area contributed by atoms with Gasteiger partial charge in [-0.05, 0) is 26.2 Å². The second-order valence-corrected chi connectivity index (χ2v) is 3.95. The smallest absolute Gasteiger partial charge is 0.332 e. The van der Waals surface area contributed by atoms with E-state index in [0.717, 1.165) is 12.8 Å². The average Bonchev–Trinajstić information content (AvgIpc) is 2.02. The topological polar surface area (TPSA) is 35.5 Å².